The highest BCUT2D eigenvalue weighted by Crippen LogP contribution is 2.68. The van der Waals surface area contributed by atoms with Gasteiger partial charge in [0.2, 0.25) is 0 Å². The topological polar surface area (TPSA) is 9.86 Å². The first-order valence-corrected chi connectivity index (χ1v) is 23.3. The van der Waals surface area contributed by atoms with Crippen LogP contribution in [0.3, 0.4) is 0 Å². The van der Waals surface area contributed by atoms with E-state index >= 15 is 0 Å². The number of nitrogens with zero attached hydrogens (tertiary/aromatic N) is 2. The van der Waals surface area contributed by atoms with E-state index in [0.29, 0.717) is 0 Å². The molecular formula is C64H42N2. The number of benzene rings is 10. The first kappa shape index (κ1) is 36.2. The van der Waals surface area contributed by atoms with Gasteiger partial charge >= 0.3 is 0 Å². The maximum absolute atomic E-state index is 2.63. The molecule has 0 unspecified atom stereocenters. The van der Waals surface area contributed by atoms with Crippen molar-refractivity contribution in [3.05, 3.63) is 274 Å². The lowest BCUT2D eigenvalue weighted by atomic mass is 9.52. The first-order valence-electron chi connectivity index (χ1n) is 23.3. The van der Waals surface area contributed by atoms with Gasteiger partial charge in [-0.2, -0.15) is 0 Å². The van der Waals surface area contributed by atoms with E-state index in [1.807, 2.05) is 0 Å². The van der Waals surface area contributed by atoms with E-state index in [-0.39, 0.29) is 0 Å². The molecule has 66 heavy (non-hydrogen) atoms. The van der Waals surface area contributed by atoms with E-state index in [1.54, 1.807) is 0 Å². The van der Waals surface area contributed by atoms with Crippen LogP contribution in [0.25, 0.3) is 77.2 Å². The molecule has 0 amide bonds. The molecule has 2 aromatic heterocycles. The molecular weight excluding hydrogens is 797 g/mol. The van der Waals surface area contributed by atoms with Crippen LogP contribution >= 0.6 is 0 Å². The molecule has 2 heteroatoms. The average Bonchev–Trinajstić information content (AvgIpc) is 4.06. The van der Waals surface area contributed by atoms with Gasteiger partial charge < -0.3 is 9.13 Å². The smallest absolute Gasteiger partial charge is 0.0721 e. The predicted molar refractivity (Wildman–Crippen MR) is 273 cm³/mol. The molecule has 15 rings (SSSR count). The van der Waals surface area contributed by atoms with Crippen molar-refractivity contribution in [3.63, 3.8) is 0 Å². The minimum Gasteiger partial charge on any atom is -0.309 e. The minimum absolute atomic E-state index is 0.653. The molecule has 3 aliphatic rings. The molecule has 3 aliphatic carbocycles. The Labute approximate surface area is 383 Å². The van der Waals surface area contributed by atoms with Gasteiger partial charge in [-0.15, -0.1) is 0 Å². The third kappa shape index (κ3) is 4.28. The van der Waals surface area contributed by atoms with Gasteiger partial charge in [-0.3, -0.25) is 0 Å². The van der Waals surface area contributed by atoms with Gasteiger partial charge in [0.15, 0.2) is 0 Å². The number of aryl methyl sites for hydroxylation is 2. The highest BCUT2D eigenvalue weighted by atomic mass is 15.0. The molecule has 0 saturated carbocycles. The van der Waals surface area contributed by atoms with E-state index < -0.39 is 10.8 Å². The lowest BCUT2D eigenvalue weighted by Crippen LogP contribution is -2.44. The fourth-order valence-electron chi connectivity index (χ4n) is 13.1. The lowest BCUT2D eigenvalue weighted by molar-refractivity contribution is 0.635. The van der Waals surface area contributed by atoms with Gasteiger partial charge in [-0.25, -0.2) is 0 Å². The molecule has 0 radical (unpaired) electrons. The predicted octanol–water partition coefficient (Wildman–Crippen LogP) is 15.5. The van der Waals surface area contributed by atoms with Gasteiger partial charge in [0, 0.05) is 32.9 Å². The van der Waals surface area contributed by atoms with E-state index in [9.17, 15) is 0 Å². The molecule has 2 spiro atoms. The van der Waals surface area contributed by atoms with Crippen LogP contribution in [-0.4, -0.2) is 9.13 Å². The van der Waals surface area contributed by atoms with Crippen LogP contribution in [0, 0.1) is 13.8 Å². The van der Waals surface area contributed by atoms with Crippen LogP contribution in [0.2, 0.25) is 0 Å². The third-order valence-electron chi connectivity index (χ3n) is 15.7. The summed E-state index contributed by atoms with van der Waals surface area (Å²) in [6.45, 7) is 4.35. The number of rotatable bonds is 2. The second-order valence-corrected chi connectivity index (χ2v) is 18.9. The van der Waals surface area contributed by atoms with Crippen molar-refractivity contribution in [2.45, 2.75) is 24.7 Å². The Morgan fingerprint density at radius 2 is 0.561 bits per heavy atom. The SMILES string of the molecule is Cc1ccc(-n2c3ccccc3c3cc4c(cc32)C2(c3ccccc3-c3ccccc32)c2cc3c5ccccc5n(-c5ccc(C)cc5)c3cc2C42c3ccccc3-c3ccccc32)cc1. The quantitative estimate of drug-likeness (QED) is 0.164. The Morgan fingerprint density at radius 3 is 0.924 bits per heavy atom. The number of hydrogen-bond acceptors (Lipinski definition) is 0. The first-order chi connectivity index (χ1) is 32.6. The Bertz CT molecular complexity index is 3710. The summed E-state index contributed by atoms with van der Waals surface area (Å²) in [4.78, 5) is 0. The van der Waals surface area contributed by atoms with Gasteiger partial charge in [0.25, 0.3) is 0 Å². The van der Waals surface area contributed by atoms with Crippen molar-refractivity contribution in [1.82, 2.24) is 9.13 Å². The maximum Gasteiger partial charge on any atom is 0.0721 e. The standard InChI is InChI=1S/C64H42N2/c1-39-27-31-41(32-28-39)65-59-25-13-7-19-47(59)49-35-55-57(37-61(49)65)63(51-21-9-3-15-43(51)44-16-4-10-22-52(44)63)56-36-50-48-20-8-14-26-60(48)66(42-33-29-40(2)30-34-42)62(50)38-58(56)64(55)53-23-11-5-17-45(53)46-18-6-12-24-54(46)64/h3-38H,1-2H3. The Kier molecular flexibility index (Phi) is 6.98. The second kappa shape index (κ2) is 12.7. The number of aromatic nitrogens is 2. The fourth-order valence-corrected chi connectivity index (χ4v) is 13.1. The van der Waals surface area contributed by atoms with Gasteiger partial charge in [0.05, 0.1) is 32.9 Å². The summed E-state index contributed by atoms with van der Waals surface area (Å²) in [6.07, 6.45) is 0. The normalized spacial score (nSPS) is 14.5. The van der Waals surface area contributed by atoms with Crippen molar-refractivity contribution in [2.75, 3.05) is 0 Å². The zero-order chi connectivity index (χ0) is 43.5. The third-order valence-corrected chi connectivity index (χ3v) is 15.7. The molecule has 0 N–H and O–H groups in total. The van der Waals surface area contributed by atoms with Crippen LogP contribution in [-0.2, 0) is 10.8 Å². The van der Waals surface area contributed by atoms with Gasteiger partial charge in [-0.1, -0.05) is 169 Å². The molecule has 308 valence electrons. The Balaban J connectivity index is 1.22. The maximum atomic E-state index is 2.63. The molecule has 0 atom stereocenters. The van der Waals surface area contributed by atoms with E-state index in [2.05, 4.69) is 241 Å². The van der Waals surface area contributed by atoms with Crippen LogP contribution < -0.4 is 0 Å². The summed E-state index contributed by atoms with van der Waals surface area (Å²) in [5, 5.41) is 5.04. The summed E-state index contributed by atoms with van der Waals surface area (Å²) < 4.78 is 5.03. The van der Waals surface area contributed by atoms with Crippen molar-refractivity contribution >= 4 is 43.6 Å². The minimum atomic E-state index is -0.653. The van der Waals surface area contributed by atoms with E-state index in [4.69, 9.17) is 0 Å². The average molecular weight is 839 g/mol. The van der Waals surface area contributed by atoms with E-state index in [1.165, 1.54) is 133 Å². The van der Waals surface area contributed by atoms with Crippen LogP contribution in [0.4, 0.5) is 0 Å². The highest BCUT2D eigenvalue weighted by Gasteiger charge is 2.59. The van der Waals surface area contributed by atoms with Crippen molar-refractivity contribution in [1.29, 1.82) is 0 Å². The molecule has 12 aromatic rings. The molecule has 10 aromatic carbocycles. The molecule has 2 nitrogen and oxygen atoms in total. The Morgan fingerprint density at radius 1 is 0.258 bits per heavy atom. The van der Waals surface area contributed by atoms with Crippen molar-refractivity contribution in [3.8, 4) is 33.6 Å². The number of para-hydroxylation sites is 2. The zero-order valence-corrected chi connectivity index (χ0v) is 36.7. The summed E-state index contributed by atoms with van der Waals surface area (Å²) >= 11 is 0. The zero-order valence-electron chi connectivity index (χ0n) is 36.7. The summed E-state index contributed by atoms with van der Waals surface area (Å²) in [5.41, 5.74) is 24.3. The van der Waals surface area contributed by atoms with Crippen LogP contribution in [0.15, 0.2) is 218 Å². The summed E-state index contributed by atoms with van der Waals surface area (Å²) in [7, 11) is 0. The lowest BCUT2D eigenvalue weighted by Gasteiger charge is -2.49. The second-order valence-electron chi connectivity index (χ2n) is 18.9. The fraction of sp³-hybridized carbons (Fsp3) is 0.0625. The summed E-state index contributed by atoms with van der Waals surface area (Å²) in [6, 6.07) is 83.8. The van der Waals surface area contributed by atoms with E-state index in [0.717, 1.165) is 0 Å². The Hall–Kier alpha value is -8.20. The van der Waals surface area contributed by atoms with Gasteiger partial charge in [0.1, 0.15) is 0 Å². The van der Waals surface area contributed by atoms with Gasteiger partial charge in [-0.05, 0) is 141 Å². The number of fused-ring (bicyclic) bond motifs is 22. The van der Waals surface area contributed by atoms with Crippen LogP contribution in [0.5, 0.6) is 0 Å². The molecule has 0 saturated heterocycles. The molecule has 2 heterocycles. The molecule has 0 fully saturated rings. The summed E-state index contributed by atoms with van der Waals surface area (Å²) in [5.74, 6) is 0. The monoisotopic (exact) mass is 838 g/mol. The highest BCUT2D eigenvalue weighted by molar-refractivity contribution is 6.13. The van der Waals surface area contributed by atoms with Crippen molar-refractivity contribution < 1.29 is 0 Å². The molecule has 0 aliphatic heterocycles. The number of hydrogen-bond donors (Lipinski definition) is 0. The molecule has 0 bridgehead atoms. The largest absolute Gasteiger partial charge is 0.309 e. The van der Waals surface area contributed by atoms with Crippen molar-refractivity contribution in [2.24, 2.45) is 0 Å². The van der Waals surface area contributed by atoms with Crippen LogP contribution in [0.1, 0.15) is 55.6 Å².